The number of nitrogen functional groups attached to an aromatic ring is 1. The molecule has 0 aliphatic heterocycles. The van der Waals surface area contributed by atoms with E-state index in [4.69, 9.17) is 17.4 Å². The number of carbonyl (C=O) groups excluding carboxylic acids is 1. The molecule has 19 heavy (non-hydrogen) atoms. The average molecular weight is 296 g/mol. The van der Waals surface area contributed by atoms with Gasteiger partial charge in [-0.05, 0) is 24.1 Å². The molecule has 0 aliphatic carbocycles. The molecule has 0 bridgehead atoms. The monoisotopic (exact) mass is 295 g/mol. The maximum absolute atomic E-state index is 11.6. The first kappa shape index (κ1) is 14.0. The van der Waals surface area contributed by atoms with Gasteiger partial charge in [-0.15, -0.1) is 11.3 Å². The molecule has 3 N–H and O–H groups in total. The van der Waals surface area contributed by atoms with Gasteiger partial charge >= 0.3 is 0 Å². The van der Waals surface area contributed by atoms with E-state index in [1.54, 1.807) is 0 Å². The van der Waals surface area contributed by atoms with Gasteiger partial charge in [0.1, 0.15) is 4.88 Å². The van der Waals surface area contributed by atoms with Crippen LogP contribution in [0.15, 0.2) is 24.3 Å². The summed E-state index contributed by atoms with van der Waals surface area (Å²) in [5, 5.41) is 1.59. The molecule has 0 aliphatic rings. The first-order valence-corrected chi connectivity index (χ1v) is 7.07. The summed E-state index contributed by atoms with van der Waals surface area (Å²) in [6, 6.07) is 7.62. The average Bonchev–Trinajstić information content (AvgIpc) is 2.81. The van der Waals surface area contributed by atoms with Crippen LogP contribution in [-0.4, -0.2) is 10.9 Å². The Morgan fingerprint density at radius 3 is 2.95 bits per heavy atom. The van der Waals surface area contributed by atoms with Crippen molar-refractivity contribution >= 4 is 28.8 Å². The molecule has 0 saturated carbocycles. The summed E-state index contributed by atoms with van der Waals surface area (Å²) < 4.78 is 0. The van der Waals surface area contributed by atoms with Crippen molar-refractivity contribution in [2.45, 2.75) is 19.8 Å². The highest BCUT2D eigenvalue weighted by Crippen LogP contribution is 2.22. The quantitative estimate of drug-likeness (QED) is 0.517. The molecule has 0 saturated heterocycles. The number of amides is 1. The van der Waals surface area contributed by atoms with Gasteiger partial charge in [0.25, 0.3) is 5.91 Å². The van der Waals surface area contributed by atoms with E-state index in [9.17, 15) is 4.79 Å². The Morgan fingerprint density at radius 2 is 2.32 bits per heavy atom. The molecule has 1 heterocycles. The van der Waals surface area contributed by atoms with E-state index in [0.717, 1.165) is 16.3 Å². The molecule has 1 aromatic heterocycles. The highest BCUT2D eigenvalue weighted by Gasteiger charge is 2.16. The second-order valence-corrected chi connectivity index (χ2v) is 5.54. The molecule has 0 unspecified atom stereocenters. The third-order valence-electron chi connectivity index (χ3n) is 2.66. The van der Waals surface area contributed by atoms with E-state index in [1.165, 1.54) is 11.3 Å². The predicted molar refractivity (Wildman–Crippen MR) is 77.4 cm³/mol. The van der Waals surface area contributed by atoms with E-state index in [0.29, 0.717) is 22.7 Å². The molecular weight excluding hydrogens is 282 g/mol. The fourth-order valence-corrected chi connectivity index (χ4v) is 3.08. The first-order chi connectivity index (χ1) is 9.13. The lowest BCUT2D eigenvalue weighted by atomic mass is 10.2. The molecular formula is C13H14ClN3OS. The third kappa shape index (κ3) is 3.32. The summed E-state index contributed by atoms with van der Waals surface area (Å²) in [7, 11) is 0. The van der Waals surface area contributed by atoms with Crippen molar-refractivity contribution in [1.82, 2.24) is 10.4 Å². The number of hydrogen-bond acceptors (Lipinski definition) is 4. The van der Waals surface area contributed by atoms with Gasteiger partial charge < -0.3 is 0 Å². The second kappa shape index (κ2) is 6.14. The molecule has 0 radical (unpaired) electrons. The van der Waals surface area contributed by atoms with Crippen LogP contribution in [0.4, 0.5) is 0 Å². The van der Waals surface area contributed by atoms with Gasteiger partial charge in [-0.2, -0.15) is 0 Å². The Kier molecular flexibility index (Phi) is 4.52. The number of halogens is 1. The summed E-state index contributed by atoms with van der Waals surface area (Å²) >= 11 is 7.32. The largest absolute Gasteiger partial charge is 0.289 e. The van der Waals surface area contributed by atoms with E-state index in [-0.39, 0.29) is 5.91 Å². The smallest absolute Gasteiger partial charge is 0.277 e. The SMILES string of the molecule is CCc1nc(Cc2cccc(Cl)c2)sc1C(=O)NN. The summed E-state index contributed by atoms with van der Waals surface area (Å²) in [6.07, 6.45) is 1.37. The van der Waals surface area contributed by atoms with Crippen LogP contribution in [0, 0.1) is 0 Å². The lowest BCUT2D eigenvalue weighted by Crippen LogP contribution is -2.30. The summed E-state index contributed by atoms with van der Waals surface area (Å²) in [4.78, 5) is 16.7. The van der Waals surface area contributed by atoms with Crippen molar-refractivity contribution in [2.75, 3.05) is 0 Å². The Labute approximate surface area is 120 Å². The third-order valence-corrected chi connectivity index (χ3v) is 3.99. The highest BCUT2D eigenvalue weighted by atomic mass is 35.5. The van der Waals surface area contributed by atoms with Crippen LogP contribution in [0.25, 0.3) is 0 Å². The zero-order valence-electron chi connectivity index (χ0n) is 10.4. The maximum Gasteiger partial charge on any atom is 0.277 e. The molecule has 1 aromatic carbocycles. The van der Waals surface area contributed by atoms with Crippen molar-refractivity contribution in [3.05, 3.63) is 50.4 Å². The minimum atomic E-state index is -0.285. The number of thiazole rings is 1. The Morgan fingerprint density at radius 1 is 1.53 bits per heavy atom. The van der Waals surface area contributed by atoms with Crippen LogP contribution in [0.1, 0.15) is 32.9 Å². The fourth-order valence-electron chi connectivity index (χ4n) is 1.78. The predicted octanol–water partition coefficient (Wildman–Crippen LogP) is 2.55. The van der Waals surface area contributed by atoms with E-state index < -0.39 is 0 Å². The van der Waals surface area contributed by atoms with Gasteiger partial charge in [0.2, 0.25) is 0 Å². The van der Waals surface area contributed by atoms with Crippen LogP contribution in [0.2, 0.25) is 5.02 Å². The number of carbonyl (C=O) groups is 1. The number of benzene rings is 1. The number of rotatable bonds is 4. The summed E-state index contributed by atoms with van der Waals surface area (Å²) in [5.41, 5.74) is 4.01. The molecule has 2 rings (SSSR count). The minimum absolute atomic E-state index is 0.285. The number of nitrogens with zero attached hydrogens (tertiary/aromatic N) is 1. The maximum atomic E-state index is 11.6. The van der Waals surface area contributed by atoms with E-state index in [1.807, 2.05) is 31.2 Å². The first-order valence-electron chi connectivity index (χ1n) is 5.88. The topological polar surface area (TPSA) is 68.0 Å². The number of hydrogen-bond donors (Lipinski definition) is 2. The Bertz CT molecular complexity index is 597. The van der Waals surface area contributed by atoms with Crippen molar-refractivity contribution in [3.63, 3.8) is 0 Å². The minimum Gasteiger partial charge on any atom is -0.289 e. The summed E-state index contributed by atoms with van der Waals surface area (Å²) in [6.45, 7) is 1.96. The van der Waals surface area contributed by atoms with Crippen LogP contribution in [0.3, 0.4) is 0 Å². The number of nitrogens with two attached hydrogens (primary N) is 1. The van der Waals surface area contributed by atoms with E-state index >= 15 is 0 Å². The molecule has 6 heteroatoms. The number of hydrazine groups is 1. The van der Waals surface area contributed by atoms with Gasteiger partial charge in [-0.3, -0.25) is 10.2 Å². The Balaban J connectivity index is 2.26. The Hall–Kier alpha value is -1.43. The normalized spacial score (nSPS) is 10.5. The molecule has 4 nitrogen and oxygen atoms in total. The van der Waals surface area contributed by atoms with Crippen molar-refractivity contribution in [1.29, 1.82) is 0 Å². The van der Waals surface area contributed by atoms with Gasteiger partial charge in [0, 0.05) is 11.4 Å². The number of nitrogens with one attached hydrogen (secondary N) is 1. The summed E-state index contributed by atoms with van der Waals surface area (Å²) in [5.74, 6) is 4.89. The van der Waals surface area contributed by atoms with Gasteiger partial charge in [0.15, 0.2) is 0 Å². The molecule has 2 aromatic rings. The zero-order chi connectivity index (χ0) is 13.8. The fraction of sp³-hybridized carbons (Fsp3) is 0.231. The van der Waals surface area contributed by atoms with Gasteiger partial charge in [-0.1, -0.05) is 30.7 Å². The molecule has 100 valence electrons. The lowest BCUT2D eigenvalue weighted by Gasteiger charge is -1.98. The second-order valence-electron chi connectivity index (χ2n) is 4.02. The van der Waals surface area contributed by atoms with Crippen LogP contribution in [-0.2, 0) is 12.8 Å². The lowest BCUT2D eigenvalue weighted by molar-refractivity contribution is 0.0956. The van der Waals surface area contributed by atoms with Crippen LogP contribution >= 0.6 is 22.9 Å². The van der Waals surface area contributed by atoms with E-state index in [2.05, 4.69) is 10.4 Å². The van der Waals surface area contributed by atoms with Crippen molar-refractivity contribution in [2.24, 2.45) is 5.84 Å². The molecule has 0 atom stereocenters. The standard InChI is InChI=1S/C13H14ClN3OS/c1-2-10-12(13(18)17-15)19-11(16-10)7-8-4-3-5-9(14)6-8/h3-6H,2,7,15H2,1H3,(H,17,18). The molecule has 0 fully saturated rings. The van der Waals surface area contributed by atoms with Crippen molar-refractivity contribution in [3.8, 4) is 0 Å². The highest BCUT2D eigenvalue weighted by molar-refractivity contribution is 7.13. The number of aromatic nitrogens is 1. The van der Waals surface area contributed by atoms with Gasteiger partial charge in [0.05, 0.1) is 10.7 Å². The molecule has 0 spiro atoms. The zero-order valence-corrected chi connectivity index (χ0v) is 12.0. The van der Waals surface area contributed by atoms with Gasteiger partial charge in [-0.25, -0.2) is 10.8 Å². The van der Waals surface area contributed by atoms with Crippen molar-refractivity contribution < 1.29 is 4.79 Å². The van der Waals surface area contributed by atoms with Crippen LogP contribution in [0.5, 0.6) is 0 Å². The van der Waals surface area contributed by atoms with Crippen LogP contribution < -0.4 is 11.3 Å². The molecule has 1 amide bonds. The number of aryl methyl sites for hydroxylation is 1.